The van der Waals surface area contributed by atoms with Crippen molar-refractivity contribution in [3.63, 3.8) is 0 Å². The van der Waals surface area contributed by atoms with E-state index in [9.17, 15) is 24.0 Å². The number of ether oxygens (including phenoxy) is 3. The van der Waals surface area contributed by atoms with E-state index in [2.05, 4.69) is 20.7 Å². The van der Waals surface area contributed by atoms with Gasteiger partial charge in [-0.15, -0.1) is 0 Å². The molecular formula is C21H24N6O8. The Balaban J connectivity index is 1.45. The molecule has 0 bridgehead atoms. The smallest absolute Gasteiger partial charge is 0.266 e. The number of amides is 5. The summed E-state index contributed by atoms with van der Waals surface area (Å²) < 4.78 is 16.0. The van der Waals surface area contributed by atoms with Crippen LogP contribution >= 0.6 is 0 Å². The quantitative estimate of drug-likeness (QED) is 0.127. The summed E-state index contributed by atoms with van der Waals surface area (Å²) >= 11 is 0. The van der Waals surface area contributed by atoms with Crippen LogP contribution in [0, 0.1) is 0 Å². The van der Waals surface area contributed by atoms with Crippen LogP contribution in [0.3, 0.4) is 0 Å². The number of nitrogens with zero attached hydrogens (tertiary/aromatic N) is 4. The highest BCUT2D eigenvalue weighted by atomic mass is 16.5. The average Bonchev–Trinajstić information content (AvgIpc) is 3.09. The van der Waals surface area contributed by atoms with Crippen molar-refractivity contribution < 1.29 is 38.2 Å². The minimum Gasteiger partial charge on any atom is -0.483 e. The summed E-state index contributed by atoms with van der Waals surface area (Å²) in [7, 11) is 0. The van der Waals surface area contributed by atoms with E-state index in [-0.39, 0.29) is 49.4 Å². The predicted octanol–water partition coefficient (Wildman–Crippen LogP) is -0.0737. The molecule has 1 aromatic rings. The standard InChI is InChI=1S/C21H24N6O8/c22-26-24-7-9-34-11-10-33-8-6-23-17(29)12-35-15-3-1-2-13-18(15)21(32)27(20(13)31)14-4-5-16(28)25-19(14)30/h1-3,14H,4-12H2,(H,23,29)(H,25,28,30). The lowest BCUT2D eigenvalue weighted by molar-refractivity contribution is -0.136. The fraction of sp³-hybridized carbons (Fsp3) is 0.476. The molecule has 3 rings (SSSR count). The molecule has 0 radical (unpaired) electrons. The molecule has 2 N–H and O–H groups in total. The van der Waals surface area contributed by atoms with E-state index >= 15 is 0 Å². The third-order valence-corrected chi connectivity index (χ3v) is 5.13. The molecule has 5 amide bonds. The van der Waals surface area contributed by atoms with Crippen LogP contribution in [0.5, 0.6) is 5.75 Å². The molecule has 0 aliphatic carbocycles. The summed E-state index contributed by atoms with van der Waals surface area (Å²) in [6, 6.07) is 3.31. The van der Waals surface area contributed by atoms with Gasteiger partial charge >= 0.3 is 0 Å². The zero-order chi connectivity index (χ0) is 25.2. The molecular weight excluding hydrogens is 464 g/mol. The number of rotatable bonds is 13. The van der Waals surface area contributed by atoms with Crippen molar-refractivity contribution in [1.82, 2.24) is 15.5 Å². The number of carbonyl (C=O) groups excluding carboxylic acids is 5. The van der Waals surface area contributed by atoms with Crippen molar-refractivity contribution in [1.29, 1.82) is 0 Å². The summed E-state index contributed by atoms with van der Waals surface area (Å²) in [4.78, 5) is 64.9. The van der Waals surface area contributed by atoms with Gasteiger partial charge in [-0.2, -0.15) is 0 Å². The first-order chi connectivity index (χ1) is 16.9. The molecule has 1 aromatic carbocycles. The van der Waals surface area contributed by atoms with Gasteiger partial charge in [0.2, 0.25) is 11.8 Å². The second-order valence-corrected chi connectivity index (χ2v) is 7.44. The van der Waals surface area contributed by atoms with Gasteiger partial charge in [0.1, 0.15) is 11.8 Å². The van der Waals surface area contributed by atoms with Gasteiger partial charge < -0.3 is 19.5 Å². The van der Waals surface area contributed by atoms with Crippen LogP contribution in [0.2, 0.25) is 0 Å². The molecule has 2 heterocycles. The Kier molecular flexibility index (Phi) is 9.12. The molecule has 0 aromatic heterocycles. The van der Waals surface area contributed by atoms with E-state index in [1.54, 1.807) is 0 Å². The Morgan fingerprint density at radius 1 is 1.14 bits per heavy atom. The molecule has 0 spiro atoms. The van der Waals surface area contributed by atoms with Crippen molar-refractivity contribution in [2.45, 2.75) is 18.9 Å². The first-order valence-corrected chi connectivity index (χ1v) is 10.8. The summed E-state index contributed by atoms with van der Waals surface area (Å²) in [6.45, 7) is 1.21. The fourth-order valence-corrected chi connectivity index (χ4v) is 3.53. The molecule has 35 heavy (non-hydrogen) atoms. The van der Waals surface area contributed by atoms with E-state index in [0.29, 0.717) is 19.8 Å². The van der Waals surface area contributed by atoms with Gasteiger partial charge in [0.15, 0.2) is 6.61 Å². The van der Waals surface area contributed by atoms with Gasteiger partial charge in [-0.25, -0.2) is 0 Å². The number of azide groups is 1. The summed E-state index contributed by atoms with van der Waals surface area (Å²) in [5.74, 6) is -2.96. The third kappa shape index (κ3) is 6.53. The zero-order valence-electron chi connectivity index (χ0n) is 18.7. The molecule has 1 saturated heterocycles. The molecule has 14 heteroatoms. The number of nitrogens with one attached hydrogen (secondary N) is 2. The van der Waals surface area contributed by atoms with Crippen molar-refractivity contribution >= 4 is 29.5 Å². The largest absolute Gasteiger partial charge is 0.483 e. The number of hydrogen-bond acceptors (Lipinski definition) is 9. The Morgan fingerprint density at radius 2 is 1.91 bits per heavy atom. The van der Waals surface area contributed by atoms with Crippen LogP contribution in [-0.2, 0) is 23.9 Å². The highest BCUT2D eigenvalue weighted by Crippen LogP contribution is 2.33. The molecule has 186 valence electrons. The number of piperidine rings is 1. The van der Waals surface area contributed by atoms with Crippen LogP contribution < -0.4 is 15.4 Å². The van der Waals surface area contributed by atoms with E-state index in [1.165, 1.54) is 18.2 Å². The second-order valence-electron chi connectivity index (χ2n) is 7.44. The Morgan fingerprint density at radius 3 is 2.66 bits per heavy atom. The maximum atomic E-state index is 13.0. The molecule has 14 nitrogen and oxygen atoms in total. The lowest BCUT2D eigenvalue weighted by Crippen LogP contribution is -2.54. The number of carbonyl (C=O) groups is 5. The van der Waals surface area contributed by atoms with Gasteiger partial charge in [-0.05, 0) is 24.1 Å². The summed E-state index contributed by atoms with van der Waals surface area (Å²) in [5, 5.41) is 8.06. The van der Waals surface area contributed by atoms with Gasteiger partial charge in [0.25, 0.3) is 17.7 Å². The van der Waals surface area contributed by atoms with Crippen LogP contribution in [0.1, 0.15) is 33.6 Å². The minimum absolute atomic E-state index is 0.0154. The van der Waals surface area contributed by atoms with Crippen molar-refractivity contribution in [3.05, 3.63) is 39.8 Å². The lowest BCUT2D eigenvalue weighted by Gasteiger charge is -2.27. The highest BCUT2D eigenvalue weighted by molar-refractivity contribution is 6.24. The molecule has 2 aliphatic heterocycles. The number of hydrogen-bond donors (Lipinski definition) is 2. The molecule has 1 fully saturated rings. The second kappa shape index (κ2) is 12.5. The van der Waals surface area contributed by atoms with E-state index < -0.39 is 42.2 Å². The maximum absolute atomic E-state index is 13.0. The third-order valence-electron chi connectivity index (χ3n) is 5.13. The Bertz CT molecular complexity index is 1050. The van der Waals surface area contributed by atoms with Gasteiger partial charge in [-0.1, -0.05) is 11.2 Å². The number of benzene rings is 1. The molecule has 0 saturated carbocycles. The van der Waals surface area contributed by atoms with E-state index in [4.69, 9.17) is 19.7 Å². The Hall–Kier alpha value is -4.00. The highest BCUT2D eigenvalue weighted by Gasteiger charge is 2.46. The van der Waals surface area contributed by atoms with E-state index in [1.807, 2.05) is 0 Å². The maximum Gasteiger partial charge on any atom is 0.266 e. The average molecular weight is 488 g/mol. The zero-order valence-corrected chi connectivity index (χ0v) is 18.7. The van der Waals surface area contributed by atoms with Crippen molar-refractivity contribution in [2.24, 2.45) is 5.11 Å². The lowest BCUT2D eigenvalue weighted by atomic mass is 10.0. The SMILES string of the molecule is [N-]=[N+]=NCCOCCOCCNC(=O)COc1cccc2c1C(=O)N(C1CCC(=O)NC1=O)C2=O. The van der Waals surface area contributed by atoms with Gasteiger partial charge in [-0.3, -0.25) is 34.2 Å². The molecule has 2 aliphatic rings. The van der Waals surface area contributed by atoms with Gasteiger partial charge in [0.05, 0.1) is 37.6 Å². The van der Waals surface area contributed by atoms with Gasteiger partial charge in [0, 0.05) is 24.4 Å². The fourth-order valence-electron chi connectivity index (χ4n) is 3.53. The number of imide groups is 2. The number of fused-ring (bicyclic) bond motifs is 1. The Labute approximate surface area is 199 Å². The minimum atomic E-state index is -1.09. The monoisotopic (exact) mass is 488 g/mol. The topological polar surface area (TPSA) is 189 Å². The normalized spacial score (nSPS) is 17.0. The predicted molar refractivity (Wildman–Crippen MR) is 117 cm³/mol. The van der Waals surface area contributed by atoms with Crippen molar-refractivity contribution in [2.75, 3.05) is 46.1 Å². The molecule has 1 unspecified atom stereocenters. The van der Waals surface area contributed by atoms with Crippen LogP contribution in [-0.4, -0.2) is 86.6 Å². The molecule has 1 atom stereocenters. The van der Waals surface area contributed by atoms with Crippen LogP contribution in [0.15, 0.2) is 23.3 Å². The van der Waals surface area contributed by atoms with E-state index in [0.717, 1.165) is 4.90 Å². The summed E-state index contributed by atoms with van der Waals surface area (Å²) in [5.41, 5.74) is 8.17. The van der Waals surface area contributed by atoms with Crippen LogP contribution in [0.25, 0.3) is 10.4 Å². The van der Waals surface area contributed by atoms with Crippen LogP contribution in [0.4, 0.5) is 0 Å². The summed E-state index contributed by atoms with van der Waals surface area (Å²) in [6.07, 6.45) is 0.0557. The van der Waals surface area contributed by atoms with Crippen molar-refractivity contribution in [3.8, 4) is 5.75 Å². The first-order valence-electron chi connectivity index (χ1n) is 10.8. The first kappa shape index (κ1) is 25.6.